The molecule has 1 atom stereocenters. The van der Waals surface area contributed by atoms with Crippen LogP contribution in [0, 0.1) is 0 Å². The molecular weight excluding hydrogens is 362 g/mol. The van der Waals surface area contributed by atoms with E-state index in [4.69, 9.17) is 16.0 Å². The summed E-state index contributed by atoms with van der Waals surface area (Å²) in [4.78, 5) is 21.6. The standard InChI is InChI=1S/C21H22ClN3O2/c1-14-13-25(10-9-24(14)2)21(26)16-5-8-19-18(12-16)23-20(27-19)11-15-3-6-17(22)7-4-15/h3-8,12,14H,9-11,13H2,1-2H3. The summed E-state index contributed by atoms with van der Waals surface area (Å²) in [5.41, 5.74) is 3.15. The molecule has 0 aliphatic carbocycles. The van der Waals surface area contributed by atoms with Gasteiger partial charge < -0.3 is 14.2 Å². The van der Waals surface area contributed by atoms with Crippen LogP contribution >= 0.6 is 11.6 Å². The number of aromatic nitrogens is 1. The molecule has 0 saturated carbocycles. The van der Waals surface area contributed by atoms with E-state index < -0.39 is 0 Å². The third-order valence-corrected chi connectivity index (χ3v) is 5.45. The Morgan fingerprint density at radius 2 is 2.00 bits per heavy atom. The fourth-order valence-corrected chi connectivity index (χ4v) is 3.50. The predicted octanol–water partition coefficient (Wildman–Crippen LogP) is 3.85. The maximum absolute atomic E-state index is 12.9. The first kappa shape index (κ1) is 18.0. The average molecular weight is 384 g/mol. The van der Waals surface area contributed by atoms with E-state index in [9.17, 15) is 4.79 Å². The average Bonchev–Trinajstić information content (AvgIpc) is 3.06. The van der Waals surface area contributed by atoms with E-state index in [2.05, 4.69) is 23.9 Å². The molecule has 1 aliphatic heterocycles. The van der Waals surface area contributed by atoms with Crippen LogP contribution in [-0.2, 0) is 6.42 Å². The van der Waals surface area contributed by atoms with Crippen molar-refractivity contribution in [1.82, 2.24) is 14.8 Å². The van der Waals surface area contributed by atoms with Crippen LogP contribution in [0.1, 0.15) is 28.7 Å². The van der Waals surface area contributed by atoms with Crippen LogP contribution in [0.25, 0.3) is 11.1 Å². The number of amides is 1. The Kier molecular flexibility index (Phi) is 4.89. The van der Waals surface area contributed by atoms with Gasteiger partial charge in [-0.25, -0.2) is 4.98 Å². The monoisotopic (exact) mass is 383 g/mol. The van der Waals surface area contributed by atoms with Gasteiger partial charge in [-0.15, -0.1) is 0 Å². The highest BCUT2D eigenvalue weighted by atomic mass is 35.5. The maximum atomic E-state index is 12.9. The lowest BCUT2D eigenvalue weighted by Gasteiger charge is -2.37. The Bertz CT molecular complexity index is 967. The van der Waals surface area contributed by atoms with Crippen molar-refractivity contribution in [3.8, 4) is 0 Å². The van der Waals surface area contributed by atoms with Crippen molar-refractivity contribution in [3.05, 3.63) is 64.5 Å². The number of hydrogen-bond acceptors (Lipinski definition) is 4. The molecule has 2 heterocycles. The van der Waals surface area contributed by atoms with Crippen molar-refractivity contribution in [2.24, 2.45) is 0 Å². The van der Waals surface area contributed by atoms with Gasteiger partial charge in [-0.3, -0.25) is 4.79 Å². The molecule has 1 aromatic heterocycles. The number of piperazine rings is 1. The molecule has 1 aliphatic rings. The number of rotatable bonds is 3. The third-order valence-electron chi connectivity index (χ3n) is 5.19. The molecule has 4 rings (SSSR count). The highest BCUT2D eigenvalue weighted by molar-refractivity contribution is 6.30. The summed E-state index contributed by atoms with van der Waals surface area (Å²) in [7, 11) is 2.09. The molecule has 0 spiro atoms. The molecule has 1 unspecified atom stereocenters. The summed E-state index contributed by atoms with van der Waals surface area (Å²) >= 11 is 5.93. The van der Waals surface area contributed by atoms with Crippen molar-refractivity contribution in [1.29, 1.82) is 0 Å². The molecule has 1 saturated heterocycles. The first-order valence-electron chi connectivity index (χ1n) is 9.13. The van der Waals surface area contributed by atoms with Gasteiger partial charge in [0.25, 0.3) is 5.91 Å². The summed E-state index contributed by atoms with van der Waals surface area (Å²) < 4.78 is 5.84. The van der Waals surface area contributed by atoms with E-state index in [0.717, 1.165) is 25.2 Å². The number of carbonyl (C=O) groups excluding carboxylic acids is 1. The van der Waals surface area contributed by atoms with E-state index in [1.807, 2.05) is 47.4 Å². The highest BCUT2D eigenvalue weighted by Crippen LogP contribution is 2.21. The molecule has 0 radical (unpaired) electrons. The van der Waals surface area contributed by atoms with Crippen molar-refractivity contribution in [2.45, 2.75) is 19.4 Å². The molecule has 6 heteroatoms. The van der Waals surface area contributed by atoms with Crippen LogP contribution in [-0.4, -0.2) is 53.4 Å². The molecule has 140 valence electrons. The summed E-state index contributed by atoms with van der Waals surface area (Å²) in [5.74, 6) is 0.684. The van der Waals surface area contributed by atoms with Crippen LogP contribution < -0.4 is 0 Å². The van der Waals surface area contributed by atoms with Crippen molar-refractivity contribution >= 4 is 28.6 Å². The molecule has 0 N–H and O–H groups in total. The van der Waals surface area contributed by atoms with Crippen molar-refractivity contribution < 1.29 is 9.21 Å². The summed E-state index contributed by atoms with van der Waals surface area (Å²) in [6, 6.07) is 13.5. The molecule has 5 nitrogen and oxygen atoms in total. The Labute approximate surface area is 163 Å². The number of halogens is 1. The molecular formula is C21H22ClN3O2. The van der Waals surface area contributed by atoms with E-state index in [-0.39, 0.29) is 5.91 Å². The van der Waals surface area contributed by atoms with Crippen molar-refractivity contribution in [2.75, 3.05) is 26.7 Å². The van der Waals surface area contributed by atoms with Gasteiger partial charge in [-0.1, -0.05) is 23.7 Å². The fourth-order valence-electron chi connectivity index (χ4n) is 3.38. The smallest absolute Gasteiger partial charge is 0.254 e. The minimum atomic E-state index is 0.0547. The van der Waals surface area contributed by atoms with Crippen LogP contribution in [0.3, 0.4) is 0 Å². The van der Waals surface area contributed by atoms with Crippen LogP contribution in [0.5, 0.6) is 0 Å². The molecule has 2 aromatic carbocycles. The molecule has 27 heavy (non-hydrogen) atoms. The van der Waals surface area contributed by atoms with Gasteiger partial charge in [0.2, 0.25) is 0 Å². The van der Waals surface area contributed by atoms with Crippen molar-refractivity contribution in [3.63, 3.8) is 0 Å². The zero-order chi connectivity index (χ0) is 19.0. The normalized spacial score (nSPS) is 18.2. The maximum Gasteiger partial charge on any atom is 0.254 e. The Balaban J connectivity index is 1.53. The number of carbonyl (C=O) groups is 1. The predicted molar refractivity (Wildman–Crippen MR) is 106 cm³/mol. The van der Waals surface area contributed by atoms with Gasteiger partial charge in [-0.05, 0) is 49.9 Å². The lowest BCUT2D eigenvalue weighted by Crippen LogP contribution is -2.52. The second-order valence-electron chi connectivity index (χ2n) is 7.17. The second-order valence-corrected chi connectivity index (χ2v) is 7.61. The summed E-state index contributed by atoms with van der Waals surface area (Å²) in [6.07, 6.45) is 0.588. The summed E-state index contributed by atoms with van der Waals surface area (Å²) in [5, 5.41) is 0.706. The number of likely N-dealkylation sites (N-methyl/N-ethyl adjacent to an activating group) is 1. The van der Waals surface area contributed by atoms with E-state index in [1.54, 1.807) is 0 Å². The number of nitrogens with zero attached hydrogens (tertiary/aromatic N) is 3. The largest absolute Gasteiger partial charge is 0.440 e. The summed E-state index contributed by atoms with van der Waals surface area (Å²) in [6.45, 7) is 4.53. The molecule has 0 bridgehead atoms. The highest BCUT2D eigenvalue weighted by Gasteiger charge is 2.25. The fraction of sp³-hybridized carbons (Fsp3) is 0.333. The first-order chi connectivity index (χ1) is 13.0. The van der Waals surface area contributed by atoms with Gasteiger partial charge >= 0.3 is 0 Å². The Morgan fingerprint density at radius 1 is 1.22 bits per heavy atom. The Morgan fingerprint density at radius 3 is 2.74 bits per heavy atom. The molecule has 3 aromatic rings. The lowest BCUT2D eigenvalue weighted by molar-refractivity contribution is 0.0572. The molecule has 1 amide bonds. The topological polar surface area (TPSA) is 49.6 Å². The number of oxazole rings is 1. The third kappa shape index (κ3) is 3.84. The minimum absolute atomic E-state index is 0.0547. The zero-order valence-corrected chi connectivity index (χ0v) is 16.2. The van der Waals surface area contributed by atoms with Gasteiger partial charge in [-0.2, -0.15) is 0 Å². The molecule has 1 fully saturated rings. The first-order valence-corrected chi connectivity index (χ1v) is 9.51. The quantitative estimate of drug-likeness (QED) is 0.689. The number of benzene rings is 2. The van der Waals surface area contributed by atoms with Gasteiger partial charge in [0.1, 0.15) is 5.52 Å². The van der Waals surface area contributed by atoms with Crippen LogP contribution in [0.4, 0.5) is 0 Å². The van der Waals surface area contributed by atoms with Crippen LogP contribution in [0.15, 0.2) is 46.9 Å². The SMILES string of the molecule is CC1CN(C(=O)c2ccc3oc(Cc4ccc(Cl)cc4)nc3c2)CCN1C. The van der Waals surface area contributed by atoms with E-state index in [0.29, 0.717) is 40.0 Å². The number of hydrogen-bond donors (Lipinski definition) is 0. The van der Waals surface area contributed by atoms with Crippen LogP contribution in [0.2, 0.25) is 5.02 Å². The number of fused-ring (bicyclic) bond motifs is 1. The van der Waals surface area contributed by atoms with Gasteiger partial charge in [0.15, 0.2) is 11.5 Å². The second kappa shape index (κ2) is 7.33. The van der Waals surface area contributed by atoms with Gasteiger partial charge in [0, 0.05) is 42.7 Å². The van der Waals surface area contributed by atoms with E-state index >= 15 is 0 Å². The Hall–Kier alpha value is -2.37. The lowest BCUT2D eigenvalue weighted by atomic mass is 10.1. The zero-order valence-electron chi connectivity index (χ0n) is 15.5. The minimum Gasteiger partial charge on any atom is -0.440 e. The van der Waals surface area contributed by atoms with E-state index in [1.165, 1.54) is 0 Å². The van der Waals surface area contributed by atoms with Gasteiger partial charge in [0.05, 0.1) is 0 Å².